The van der Waals surface area contributed by atoms with E-state index < -0.39 is 67.3 Å². The van der Waals surface area contributed by atoms with Gasteiger partial charge in [-0.2, -0.15) is 0 Å². The van der Waals surface area contributed by atoms with Gasteiger partial charge in [-0.05, 0) is 103 Å². The third-order valence-electron chi connectivity index (χ3n) is 12.8. The van der Waals surface area contributed by atoms with Crippen LogP contribution < -0.4 is 0 Å². The van der Waals surface area contributed by atoms with Gasteiger partial charge in [0.2, 0.25) is 0 Å². The second-order valence-corrected chi connectivity index (χ2v) is 19.9. The Kier molecular flexibility index (Phi) is 47.6. The number of rotatable bonds is 49. The summed E-state index contributed by atoms with van der Waals surface area (Å²) in [6.45, 7) is 5.68. The van der Waals surface area contributed by atoms with E-state index in [1.807, 2.05) is 12.2 Å². The quantitative estimate of drug-likeness (QED) is 0.0228. The highest BCUT2D eigenvalue weighted by Crippen LogP contribution is 2.26. The van der Waals surface area contributed by atoms with Crippen molar-refractivity contribution in [2.24, 2.45) is 0 Å². The van der Waals surface area contributed by atoms with Crippen LogP contribution in [0.15, 0.2) is 109 Å². The fourth-order valence-corrected chi connectivity index (χ4v) is 8.27. The zero-order valence-corrected chi connectivity index (χ0v) is 47.9. The average molecular weight is 1080 g/mol. The largest absolute Gasteiger partial charge is 0.479 e. The van der Waals surface area contributed by atoms with E-state index in [0.29, 0.717) is 19.3 Å². The topological polar surface area (TPSA) is 175 Å². The van der Waals surface area contributed by atoms with Crippen LogP contribution in [0, 0.1) is 0 Å². The number of unbranched alkanes of at least 4 members (excludes halogenated alkanes) is 18. The minimum Gasteiger partial charge on any atom is -0.479 e. The van der Waals surface area contributed by atoms with E-state index in [1.54, 1.807) is 6.08 Å². The zero-order chi connectivity index (χ0) is 56.1. The van der Waals surface area contributed by atoms with E-state index in [9.17, 15) is 34.5 Å². The lowest BCUT2D eigenvalue weighted by Crippen LogP contribution is -2.61. The number of allylic oxidation sites excluding steroid dienone is 17. The van der Waals surface area contributed by atoms with Crippen LogP contribution in [0.5, 0.6) is 0 Å². The normalized spacial score (nSPS) is 18.8. The first-order valence-corrected chi connectivity index (χ1v) is 29.9. The molecule has 1 fully saturated rings. The summed E-state index contributed by atoms with van der Waals surface area (Å²) < 4.78 is 28.3. The fourth-order valence-electron chi connectivity index (χ4n) is 8.27. The molecule has 0 spiro atoms. The third kappa shape index (κ3) is 42.1. The number of ether oxygens (including phenoxy) is 5. The first kappa shape index (κ1) is 70.4. The van der Waals surface area contributed by atoms with Crippen LogP contribution in [-0.2, 0) is 42.9 Å². The van der Waals surface area contributed by atoms with Gasteiger partial charge in [-0.25, -0.2) is 4.79 Å². The van der Waals surface area contributed by atoms with E-state index in [4.69, 9.17) is 23.7 Å². The van der Waals surface area contributed by atoms with Crippen molar-refractivity contribution in [1.29, 1.82) is 0 Å². The summed E-state index contributed by atoms with van der Waals surface area (Å²) in [5.41, 5.74) is 0. The molecule has 6 unspecified atom stereocenters. The molecule has 12 heteroatoms. The summed E-state index contributed by atoms with van der Waals surface area (Å²) in [5.74, 6) is -3.32. The molecule has 1 aliphatic heterocycles. The van der Waals surface area contributed by atoms with Crippen LogP contribution in [0.2, 0.25) is 0 Å². The van der Waals surface area contributed by atoms with Crippen LogP contribution in [0.1, 0.15) is 226 Å². The Hall–Kier alpha value is -4.62. The summed E-state index contributed by atoms with van der Waals surface area (Å²) in [6, 6.07) is 0. The minimum atomic E-state index is -1.92. The van der Waals surface area contributed by atoms with E-state index in [0.717, 1.165) is 116 Å². The molecule has 6 atom stereocenters. The fraction of sp³-hybridized carbons (Fsp3) is 0.662. The SMILES string of the molecule is CC/C=C\C/C=C\C/C=C\C/C=C\C/C=C\CC(=O)OCC(COC1OC(C(=O)O)C(O)C(O)C1OC(=O)CCCCCCCCCCC/C=C\C/C=C\CCCCC)OC(=O)CCCCCCC/C=C\C/C=C\CCC. The lowest BCUT2D eigenvalue weighted by atomic mass is 9.98. The Labute approximate surface area is 465 Å². The molecule has 77 heavy (non-hydrogen) atoms. The molecule has 1 aliphatic rings. The van der Waals surface area contributed by atoms with E-state index in [-0.39, 0.29) is 25.9 Å². The maximum atomic E-state index is 13.1. The third-order valence-corrected chi connectivity index (χ3v) is 12.8. The highest BCUT2D eigenvalue weighted by Gasteiger charge is 2.50. The first-order valence-electron chi connectivity index (χ1n) is 29.9. The molecule has 0 radical (unpaired) electrons. The van der Waals surface area contributed by atoms with Gasteiger partial charge >= 0.3 is 23.9 Å². The Morgan fingerprint density at radius 2 is 0.883 bits per heavy atom. The van der Waals surface area contributed by atoms with Gasteiger partial charge in [0.05, 0.1) is 13.0 Å². The molecule has 3 N–H and O–H groups in total. The van der Waals surface area contributed by atoms with Gasteiger partial charge in [0.1, 0.15) is 18.8 Å². The maximum absolute atomic E-state index is 13.1. The molecular formula is C65H104O12. The number of carbonyl (C=O) groups excluding carboxylic acids is 3. The minimum absolute atomic E-state index is 0.0226. The summed E-state index contributed by atoms with van der Waals surface area (Å²) in [4.78, 5) is 51.1. The van der Waals surface area contributed by atoms with E-state index in [2.05, 4.69) is 112 Å². The number of carboxylic acids is 1. The first-order chi connectivity index (χ1) is 37.6. The van der Waals surface area contributed by atoms with Crippen LogP contribution in [0.3, 0.4) is 0 Å². The number of hydrogen-bond donors (Lipinski definition) is 3. The predicted molar refractivity (Wildman–Crippen MR) is 312 cm³/mol. The molecular weight excluding hydrogens is 973 g/mol. The number of hydrogen-bond acceptors (Lipinski definition) is 11. The maximum Gasteiger partial charge on any atom is 0.335 e. The zero-order valence-electron chi connectivity index (χ0n) is 47.9. The Morgan fingerprint density at radius 3 is 1.36 bits per heavy atom. The van der Waals surface area contributed by atoms with E-state index in [1.165, 1.54) is 51.4 Å². The van der Waals surface area contributed by atoms with Gasteiger partial charge in [0, 0.05) is 12.8 Å². The van der Waals surface area contributed by atoms with Gasteiger partial charge in [0.25, 0.3) is 0 Å². The molecule has 0 aromatic rings. The number of aliphatic hydroxyl groups excluding tert-OH is 2. The van der Waals surface area contributed by atoms with Crippen molar-refractivity contribution in [1.82, 2.24) is 0 Å². The Morgan fingerprint density at radius 1 is 0.455 bits per heavy atom. The molecule has 436 valence electrons. The second-order valence-electron chi connectivity index (χ2n) is 19.9. The summed E-state index contributed by atoms with van der Waals surface area (Å²) in [7, 11) is 0. The van der Waals surface area contributed by atoms with Crippen molar-refractivity contribution in [2.45, 2.75) is 263 Å². The van der Waals surface area contributed by atoms with Gasteiger partial charge in [0.15, 0.2) is 24.6 Å². The Balaban J connectivity index is 2.73. The monoisotopic (exact) mass is 1080 g/mol. The molecule has 0 bridgehead atoms. The van der Waals surface area contributed by atoms with Crippen molar-refractivity contribution in [3.8, 4) is 0 Å². The molecule has 0 aromatic heterocycles. The molecule has 12 nitrogen and oxygen atoms in total. The van der Waals surface area contributed by atoms with E-state index >= 15 is 0 Å². The van der Waals surface area contributed by atoms with Crippen LogP contribution in [0.4, 0.5) is 0 Å². The van der Waals surface area contributed by atoms with Crippen LogP contribution in [0.25, 0.3) is 0 Å². The predicted octanol–water partition coefficient (Wildman–Crippen LogP) is 15.4. The second kappa shape index (κ2) is 52.1. The molecule has 0 aliphatic carbocycles. The standard InChI is InChI=1S/C65H104O12/c1-4-7-10-13-16-19-22-25-27-28-29-30-32-35-38-41-44-47-50-53-59(68)76-63-61(70)60(69)62(64(71)72)77-65(63)74-55-56(75-58(67)52-49-46-43-40-37-33-24-21-18-15-12-9-6-3)54-73-57(66)51-48-45-42-39-36-34-31-26-23-20-17-14-11-8-5-2/h8,11-12,15-17,19-21,24-27,31,36,39,45,48,56,60-63,65,69-70H,4-7,9-10,13-14,18,22-23,28-30,32-35,37-38,40-44,46-47,49-55H2,1-3H3,(H,71,72)/b11-8-,15-12-,19-16-,20-17-,24-21-,27-25-,31-26-,39-36-,48-45-. The lowest BCUT2D eigenvalue weighted by Gasteiger charge is -2.40. The Bertz CT molecular complexity index is 1750. The smallest absolute Gasteiger partial charge is 0.335 e. The van der Waals surface area contributed by atoms with Crippen molar-refractivity contribution >= 4 is 23.9 Å². The molecule has 1 rings (SSSR count). The highest BCUT2D eigenvalue weighted by atomic mass is 16.7. The number of aliphatic carboxylic acids is 1. The highest BCUT2D eigenvalue weighted by molar-refractivity contribution is 5.74. The number of esters is 3. The number of carbonyl (C=O) groups is 4. The van der Waals surface area contributed by atoms with Crippen molar-refractivity contribution < 1.29 is 58.2 Å². The summed E-state index contributed by atoms with van der Waals surface area (Å²) in [6.07, 6.45) is 58.0. The summed E-state index contributed by atoms with van der Waals surface area (Å²) >= 11 is 0. The van der Waals surface area contributed by atoms with Gasteiger partial charge in [-0.3, -0.25) is 14.4 Å². The molecule has 1 saturated heterocycles. The van der Waals surface area contributed by atoms with Crippen molar-refractivity contribution in [2.75, 3.05) is 13.2 Å². The van der Waals surface area contributed by atoms with Crippen molar-refractivity contribution in [3.05, 3.63) is 109 Å². The molecule has 0 saturated carbocycles. The lowest BCUT2D eigenvalue weighted by molar-refractivity contribution is -0.301. The molecule has 0 aromatic carbocycles. The van der Waals surface area contributed by atoms with Crippen LogP contribution >= 0.6 is 0 Å². The van der Waals surface area contributed by atoms with Crippen LogP contribution in [-0.4, -0.2) is 89.2 Å². The average Bonchev–Trinajstić information content (AvgIpc) is 3.42. The number of carboxylic acid groups (broad SMARTS) is 1. The molecule has 0 amide bonds. The summed E-state index contributed by atoms with van der Waals surface area (Å²) in [5, 5.41) is 31.5. The number of aliphatic hydroxyl groups is 2. The van der Waals surface area contributed by atoms with Gasteiger partial charge in [-0.15, -0.1) is 0 Å². The van der Waals surface area contributed by atoms with Gasteiger partial charge < -0.3 is 39.0 Å². The van der Waals surface area contributed by atoms with Gasteiger partial charge in [-0.1, -0.05) is 214 Å². The van der Waals surface area contributed by atoms with Crippen molar-refractivity contribution in [3.63, 3.8) is 0 Å². The molecule has 1 heterocycles.